The maximum absolute atomic E-state index is 12.5. The van der Waals surface area contributed by atoms with Crippen LogP contribution in [0.1, 0.15) is 5.56 Å². The zero-order valence-corrected chi connectivity index (χ0v) is 19.0. The van der Waals surface area contributed by atoms with Crippen molar-refractivity contribution in [3.8, 4) is 0 Å². The molecular formula is C28H27NO2P+. The van der Waals surface area contributed by atoms with E-state index >= 15 is 0 Å². The highest BCUT2D eigenvalue weighted by molar-refractivity contribution is 7.95. The van der Waals surface area contributed by atoms with Crippen LogP contribution in [-0.4, -0.2) is 18.9 Å². The molecule has 160 valence electrons. The van der Waals surface area contributed by atoms with Crippen molar-refractivity contribution in [2.75, 3.05) is 18.1 Å². The Morgan fingerprint density at radius 1 is 0.688 bits per heavy atom. The number of carbonyl (C=O) groups excluding carboxylic acids is 1. The first-order valence-corrected chi connectivity index (χ1v) is 12.7. The normalized spacial score (nSPS) is 11.0. The summed E-state index contributed by atoms with van der Waals surface area (Å²) in [4.78, 5) is 12.5. The highest BCUT2D eigenvalue weighted by Crippen LogP contribution is 2.54. The van der Waals surface area contributed by atoms with E-state index in [1.165, 1.54) is 15.9 Å². The van der Waals surface area contributed by atoms with E-state index in [4.69, 9.17) is 4.74 Å². The van der Waals surface area contributed by atoms with Gasteiger partial charge in [-0.25, -0.2) is 4.79 Å². The summed E-state index contributed by atoms with van der Waals surface area (Å²) in [7, 11) is -2.01. The lowest BCUT2D eigenvalue weighted by molar-refractivity contribution is 0.168. The highest BCUT2D eigenvalue weighted by atomic mass is 31.2. The van der Waals surface area contributed by atoms with Gasteiger partial charge in [-0.15, -0.1) is 0 Å². The van der Waals surface area contributed by atoms with E-state index in [0.717, 1.165) is 17.4 Å². The van der Waals surface area contributed by atoms with Crippen LogP contribution in [0.15, 0.2) is 115 Å². The molecule has 0 aliphatic heterocycles. The minimum atomic E-state index is -2.01. The summed E-state index contributed by atoms with van der Waals surface area (Å²) >= 11 is 0. The number of nitrogens with one attached hydrogen (secondary N) is 1. The summed E-state index contributed by atoms with van der Waals surface area (Å²) < 4.78 is 5.70. The molecule has 0 fully saturated rings. The Hall–Kier alpha value is -3.42. The van der Waals surface area contributed by atoms with Crippen LogP contribution < -0.4 is 21.2 Å². The van der Waals surface area contributed by atoms with E-state index in [1.54, 1.807) is 0 Å². The number of ether oxygens (including phenoxy) is 1. The third-order valence-electron chi connectivity index (χ3n) is 5.63. The van der Waals surface area contributed by atoms with Crippen LogP contribution >= 0.6 is 7.26 Å². The lowest BCUT2D eigenvalue weighted by atomic mass is 10.2. The van der Waals surface area contributed by atoms with Crippen molar-refractivity contribution in [1.29, 1.82) is 0 Å². The first kappa shape index (κ1) is 21.8. The van der Waals surface area contributed by atoms with Gasteiger partial charge in [-0.3, -0.25) is 5.32 Å². The van der Waals surface area contributed by atoms with Crippen molar-refractivity contribution in [2.45, 2.75) is 6.92 Å². The molecule has 1 N–H and O–H groups in total. The molecule has 4 aromatic carbocycles. The van der Waals surface area contributed by atoms with Crippen molar-refractivity contribution in [2.24, 2.45) is 0 Å². The summed E-state index contributed by atoms with van der Waals surface area (Å²) in [5.74, 6) is 0. The molecule has 0 unspecified atom stereocenters. The fraction of sp³-hybridized carbons (Fsp3) is 0.107. The molecule has 0 aliphatic carbocycles. The molecule has 0 saturated heterocycles. The molecule has 0 spiro atoms. The summed E-state index contributed by atoms with van der Waals surface area (Å²) in [5, 5.41) is 6.70. The van der Waals surface area contributed by atoms with Crippen molar-refractivity contribution >= 4 is 35.0 Å². The molecule has 0 heterocycles. The molecule has 4 heteroatoms. The molecule has 0 saturated carbocycles. The largest absolute Gasteiger partial charge is 0.445 e. The number of rotatable bonds is 7. The minimum absolute atomic E-state index is 0.324. The van der Waals surface area contributed by atoms with Gasteiger partial charge in [0.1, 0.15) is 35.9 Å². The second-order valence-corrected chi connectivity index (χ2v) is 11.2. The van der Waals surface area contributed by atoms with Gasteiger partial charge in [-0.05, 0) is 55.0 Å². The zero-order chi connectivity index (χ0) is 22.2. The van der Waals surface area contributed by atoms with Gasteiger partial charge in [0.05, 0.1) is 0 Å². The molecule has 0 atom stereocenters. The Bertz CT molecular complexity index is 1050. The van der Waals surface area contributed by atoms with E-state index in [0.29, 0.717) is 6.61 Å². The van der Waals surface area contributed by atoms with Crippen molar-refractivity contribution in [1.82, 2.24) is 0 Å². The number of aryl methyl sites for hydroxylation is 1. The van der Waals surface area contributed by atoms with Crippen LogP contribution in [0.4, 0.5) is 10.5 Å². The Balaban J connectivity index is 1.64. The highest BCUT2D eigenvalue weighted by Gasteiger charge is 2.45. The number of para-hydroxylation sites is 1. The average Bonchev–Trinajstić information content (AvgIpc) is 2.85. The number of amides is 1. The second-order valence-electron chi connectivity index (χ2n) is 7.62. The topological polar surface area (TPSA) is 38.3 Å². The molecular weight excluding hydrogens is 413 g/mol. The smallest absolute Gasteiger partial charge is 0.411 e. The van der Waals surface area contributed by atoms with Gasteiger partial charge < -0.3 is 4.74 Å². The van der Waals surface area contributed by atoms with Gasteiger partial charge >= 0.3 is 6.09 Å². The van der Waals surface area contributed by atoms with Gasteiger partial charge in [0, 0.05) is 5.69 Å². The van der Waals surface area contributed by atoms with Crippen molar-refractivity contribution in [3.05, 3.63) is 121 Å². The molecule has 0 radical (unpaired) electrons. The number of carbonyl (C=O) groups is 1. The lowest BCUT2D eigenvalue weighted by Gasteiger charge is -2.27. The Labute approximate surface area is 190 Å². The van der Waals surface area contributed by atoms with Crippen LogP contribution in [0, 0.1) is 6.92 Å². The number of benzene rings is 4. The third-order valence-corrected chi connectivity index (χ3v) is 10.0. The van der Waals surface area contributed by atoms with Crippen LogP contribution in [0.3, 0.4) is 0 Å². The van der Waals surface area contributed by atoms with Gasteiger partial charge in [-0.2, -0.15) is 0 Å². The monoisotopic (exact) mass is 440 g/mol. The van der Waals surface area contributed by atoms with Crippen molar-refractivity contribution < 1.29 is 9.53 Å². The quantitative estimate of drug-likeness (QED) is 0.383. The summed E-state index contributed by atoms with van der Waals surface area (Å²) in [6.45, 7) is 2.29. The first-order valence-electron chi connectivity index (χ1n) is 10.7. The van der Waals surface area contributed by atoms with E-state index in [-0.39, 0.29) is 0 Å². The maximum Gasteiger partial charge on any atom is 0.411 e. The van der Waals surface area contributed by atoms with Gasteiger partial charge in [0.25, 0.3) is 0 Å². The third kappa shape index (κ3) is 4.74. The molecule has 0 aliphatic rings. The van der Waals surface area contributed by atoms with E-state index in [2.05, 4.69) is 78.1 Å². The number of hydrogen-bond acceptors (Lipinski definition) is 2. The number of hydrogen-bond donors (Lipinski definition) is 1. The second kappa shape index (κ2) is 10.3. The Morgan fingerprint density at radius 2 is 1.12 bits per heavy atom. The van der Waals surface area contributed by atoms with E-state index in [9.17, 15) is 4.79 Å². The van der Waals surface area contributed by atoms with Crippen LogP contribution in [0.2, 0.25) is 0 Å². The molecule has 0 bridgehead atoms. The first-order chi connectivity index (χ1) is 15.7. The average molecular weight is 441 g/mol. The standard InChI is InChI=1S/C28H26NO2P/c1-23-13-11-12-20-27(23)29-28(30)31-21-22-32(24-14-5-2-6-15-24,25-16-7-3-8-17-25)26-18-9-4-10-19-26/h2-20H,21-22H2,1H3/p+1. The fourth-order valence-electron chi connectivity index (χ4n) is 4.02. The van der Waals surface area contributed by atoms with Gasteiger partial charge in [-0.1, -0.05) is 72.8 Å². The predicted molar refractivity (Wildman–Crippen MR) is 136 cm³/mol. The van der Waals surface area contributed by atoms with E-state index < -0.39 is 13.4 Å². The summed E-state index contributed by atoms with van der Waals surface area (Å²) in [6.07, 6.45) is 0.304. The predicted octanol–water partition coefficient (Wildman–Crippen LogP) is 5.54. The Morgan fingerprint density at radius 3 is 1.59 bits per heavy atom. The SMILES string of the molecule is Cc1ccccc1NC(=O)OCC[P+](c1ccccc1)(c1ccccc1)c1ccccc1. The van der Waals surface area contributed by atoms with Gasteiger partial charge in [0.15, 0.2) is 0 Å². The lowest BCUT2D eigenvalue weighted by Crippen LogP contribution is -2.35. The molecule has 0 aromatic heterocycles. The van der Waals surface area contributed by atoms with Crippen LogP contribution in [0.5, 0.6) is 0 Å². The number of anilines is 1. The summed E-state index contributed by atoms with van der Waals surface area (Å²) in [6, 6.07) is 39.5. The van der Waals surface area contributed by atoms with Crippen LogP contribution in [0.25, 0.3) is 0 Å². The van der Waals surface area contributed by atoms with Gasteiger partial charge in [0.2, 0.25) is 0 Å². The van der Waals surface area contributed by atoms with Crippen LogP contribution in [-0.2, 0) is 4.74 Å². The zero-order valence-electron chi connectivity index (χ0n) is 18.1. The molecule has 1 amide bonds. The van der Waals surface area contributed by atoms with E-state index in [1.807, 2.05) is 49.4 Å². The summed E-state index contributed by atoms with van der Waals surface area (Å²) in [5.41, 5.74) is 1.77. The Kier molecular flexibility index (Phi) is 6.99. The minimum Gasteiger partial charge on any atom is -0.445 e. The van der Waals surface area contributed by atoms with Crippen molar-refractivity contribution in [3.63, 3.8) is 0 Å². The molecule has 4 aromatic rings. The molecule has 4 rings (SSSR count). The maximum atomic E-state index is 12.5. The molecule has 32 heavy (non-hydrogen) atoms. The fourth-order valence-corrected chi connectivity index (χ4v) is 8.09. The molecule has 3 nitrogen and oxygen atoms in total.